The van der Waals surface area contributed by atoms with Crippen molar-refractivity contribution in [2.75, 3.05) is 0 Å². The van der Waals surface area contributed by atoms with E-state index < -0.39 is 0 Å². The van der Waals surface area contributed by atoms with Crippen LogP contribution in [0.1, 0.15) is 0 Å². The van der Waals surface area contributed by atoms with Gasteiger partial charge in [-0.1, -0.05) is 23.2 Å². The van der Waals surface area contributed by atoms with Crippen LogP contribution in [-0.2, 0) is 0 Å². The van der Waals surface area contributed by atoms with Crippen LogP contribution in [0.5, 0.6) is 0 Å². The van der Waals surface area contributed by atoms with Gasteiger partial charge in [0.25, 0.3) is 0 Å². The molecule has 8 heteroatoms. The molecule has 0 aliphatic rings. The summed E-state index contributed by atoms with van der Waals surface area (Å²) in [6.45, 7) is 0. The van der Waals surface area contributed by atoms with Crippen LogP contribution in [0, 0.1) is 0 Å². The van der Waals surface area contributed by atoms with E-state index in [0.29, 0.717) is 10.3 Å². The molecule has 0 bridgehead atoms. The minimum Gasteiger partial charge on any atom is -0.139 e. The molecule has 0 saturated heterocycles. The first-order valence-electron chi connectivity index (χ1n) is 3.39. The number of nitrogens with zero attached hydrogens (tertiary/aromatic N) is 6. The molecule has 0 aliphatic carbocycles. The van der Waals surface area contributed by atoms with Gasteiger partial charge < -0.3 is 0 Å². The molecule has 72 valence electrons. The highest BCUT2D eigenvalue weighted by Crippen LogP contribution is 1.95. The monoisotopic (exact) mass is 230 g/mol. The Labute approximate surface area is 89.3 Å². The Balaban J connectivity index is 0.000000140. The van der Waals surface area contributed by atoms with Gasteiger partial charge in [-0.2, -0.15) is 0 Å². The lowest BCUT2D eigenvalue weighted by atomic mass is 10.7. The average molecular weight is 231 g/mol. The summed E-state index contributed by atoms with van der Waals surface area (Å²) in [4.78, 5) is 0. The molecule has 6 nitrogen and oxygen atoms in total. The Bertz CT molecular complexity index is 318. The molecule has 0 fully saturated rings. The zero-order valence-electron chi connectivity index (χ0n) is 6.75. The molecule has 2 heterocycles. The van der Waals surface area contributed by atoms with Crippen molar-refractivity contribution in [3.05, 3.63) is 34.8 Å². The Morgan fingerprint density at radius 3 is 1.36 bits per heavy atom. The fourth-order valence-corrected chi connectivity index (χ4v) is 0.633. The Morgan fingerprint density at radius 2 is 1.21 bits per heavy atom. The van der Waals surface area contributed by atoms with Crippen molar-refractivity contribution in [3.63, 3.8) is 0 Å². The Morgan fingerprint density at radius 1 is 0.786 bits per heavy atom. The second-order valence-corrected chi connectivity index (χ2v) is 2.66. The standard InChI is InChI=1S/2C3H2ClN3/c2*4-3-1-2-5-7-6-3/h2*1-2H. The van der Waals surface area contributed by atoms with E-state index in [4.69, 9.17) is 23.2 Å². The van der Waals surface area contributed by atoms with E-state index in [-0.39, 0.29) is 0 Å². The van der Waals surface area contributed by atoms with E-state index in [1.54, 1.807) is 12.1 Å². The number of aromatic nitrogens is 6. The van der Waals surface area contributed by atoms with Crippen LogP contribution in [0.3, 0.4) is 0 Å². The maximum atomic E-state index is 5.33. The summed E-state index contributed by atoms with van der Waals surface area (Å²) in [7, 11) is 0. The van der Waals surface area contributed by atoms with Crippen LogP contribution in [0.15, 0.2) is 24.5 Å². The molecular weight excluding hydrogens is 227 g/mol. The van der Waals surface area contributed by atoms with Gasteiger partial charge in [0.2, 0.25) is 0 Å². The Kier molecular flexibility index (Phi) is 4.66. The van der Waals surface area contributed by atoms with Crippen molar-refractivity contribution in [3.8, 4) is 0 Å². The van der Waals surface area contributed by atoms with Crippen LogP contribution < -0.4 is 0 Å². The molecule has 2 aromatic rings. The summed E-state index contributed by atoms with van der Waals surface area (Å²) in [6, 6.07) is 3.13. The highest BCUT2D eigenvalue weighted by atomic mass is 35.5. The minimum absolute atomic E-state index is 0.370. The molecule has 0 amide bonds. The minimum atomic E-state index is 0.370. The highest BCUT2D eigenvalue weighted by Gasteiger charge is 1.79. The maximum absolute atomic E-state index is 5.33. The topological polar surface area (TPSA) is 77.3 Å². The fourth-order valence-electron chi connectivity index (χ4n) is 0.453. The summed E-state index contributed by atoms with van der Waals surface area (Å²) in [6.07, 6.45) is 2.96. The van der Waals surface area contributed by atoms with Crippen molar-refractivity contribution < 1.29 is 0 Å². The quantitative estimate of drug-likeness (QED) is 0.674. The van der Waals surface area contributed by atoms with Gasteiger partial charge in [-0.15, -0.1) is 20.4 Å². The molecule has 0 radical (unpaired) electrons. The maximum Gasteiger partial charge on any atom is 0.155 e. The third kappa shape index (κ3) is 4.58. The Hall–Kier alpha value is -1.40. The third-order valence-corrected chi connectivity index (χ3v) is 1.34. The van der Waals surface area contributed by atoms with Gasteiger partial charge in [0, 0.05) is 0 Å². The molecule has 2 rings (SSSR count). The lowest BCUT2D eigenvalue weighted by Crippen LogP contribution is -1.81. The summed E-state index contributed by atoms with van der Waals surface area (Å²) in [5.41, 5.74) is 0. The highest BCUT2D eigenvalue weighted by molar-refractivity contribution is 6.29. The summed E-state index contributed by atoms with van der Waals surface area (Å²) in [5.74, 6) is 0. The molecule has 0 aromatic carbocycles. The van der Waals surface area contributed by atoms with E-state index in [0.717, 1.165) is 0 Å². The number of halogens is 2. The van der Waals surface area contributed by atoms with Gasteiger partial charge in [0.15, 0.2) is 10.3 Å². The number of hydrogen-bond donors (Lipinski definition) is 0. The van der Waals surface area contributed by atoms with Gasteiger partial charge in [-0.05, 0) is 22.6 Å². The van der Waals surface area contributed by atoms with Crippen molar-refractivity contribution in [1.82, 2.24) is 30.8 Å². The van der Waals surface area contributed by atoms with Gasteiger partial charge >= 0.3 is 0 Å². The molecule has 0 unspecified atom stereocenters. The van der Waals surface area contributed by atoms with Gasteiger partial charge in [-0.25, -0.2) is 0 Å². The van der Waals surface area contributed by atoms with Crippen molar-refractivity contribution >= 4 is 23.2 Å². The summed E-state index contributed by atoms with van der Waals surface area (Å²) < 4.78 is 0. The molecule has 14 heavy (non-hydrogen) atoms. The number of hydrogen-bond acceptors (Lipinski definition) is 6. The zero-order chi connectivity index (χ0) is 10.2. The number of rotatable bonds is 0. The summed E-state index contributed by atoms with van der Waals surface area (Å²) in [5, 5.41) is 20.8. The average Bonchev–Trinajstić information content (AvgIpc) is 2.21. The molecule has 0 aliphatic heterocycles. The molecule has 0 saturated carbocycles. The second kappa shape index (κ2) is 6.11. The lowest BCUT2D eigenvalue weighted by molar-refractivity contribution is 0.865. The molecule has 0 N–H and O–H groups in total. The SMILES string of the molecule is Clc1ccnnn1.Clc1ccnnn1. The molecular formula is C6H4Cl2N6. The van der Waals surface area contributed by atoms with Crippen molar-refractivity contribution in [2.24, 2.45) is 0 Å². The summed E-state index contributed by atoms with van der Waals surface area (Å²) >= 11 is 10.7. The van der Waals surface area contributed by atoms with E-state index in [9.17, 15) is 0 Å². The van der Waals surface area contributed by atoms with Gasteiger partial charge in [0.05, 0.1) is 12.4 Å². The van der Waals surface area contributed by atoms with Crippen LogP contribution >= 0.6 is 23.2 Å². The largest absolute Gasteiger partial charge is 0.155 e. The van der Waals surface area contributed by atoms with E-state index in [1.165, 1.54) is 12.4 Å². The van der Waals surface area contributed by atoms with Crippen LogP contribution in [0.25, 0.3) is 0 Å². The van der Waals surface area contributed by atoms with Crippen LogP contribution in [0.2, 0.25) is 10.3 Å². The molecule has 0 atom stereocenters. The molecule has 0 spiro atoms. The van der Waals surface area contributed by atoms with Crippen LogP contribution in [-0.4, -0.2) is 30.8 Å². The fraction of sp³-hybridized carbons (Fsp3) is 0. The first kappa shape index (κ1) is 10.7. The lowest BCUT2D eigenvalue weighted by Gasteiger charge is -1.76. The zero-order valence-corrected chi connectivity index (χ0v) is 8.26. The van der Waals surface area contributed by atoms with E-state index in [1.807, 2.05) is 0 Å². The first-order valence-corrected chi connectivity index (χ1v) is 4.14. The van der Waals surface area contributed by atoms with Gasteiger partial charge in [-0.3, -0.25) is 0 Å². The van der Waals surface area contributed by atoms with Crippen molar-refractivity contribution in [1.29, 1.82) is 0 Å². The van der Waals surface area contributed by atoms with Crippen LogP contribution in [0.4, 0.5) is 0 Å². The second-order valence-electron chi connectivity index (χ2n) is 1.89. The van der Waals surface area contributed by atoms with E-state index in [2.05, 4.69) is 30.8 Å². The van der Waals surface area contributed by atoms with E-state index >= 15 is 0 Å². The smallest absolute Gasteiger partial charge is 0.139 e. The molecule has 2 aromatic heterocycles. The normalized spacial score (nSPS) is 8.71. The predicted octanol–water partition coefficient (Wildman–Crippen LogP) is 1.05. The predicted molar refractivity (Wildman–Crippen MR) is 49.7 cm³/mol. The third-order valence-electron chi connectivity index (χ3n) is 0.941. The van der Waals surface area contributed by atoms with Gasteiger partial charge in [0.1, 0.15) is 0 Å². The first-order chi connectivity index (χ1) is 6.79. The van der Waals surface area contributed by atoms with Crippen molar-refractivity contribution in [2.45, 2.75) is 0 Å².